The summed E-state index contributed by atoms with van der Waals surface area (Å²) in [5.41, 5.74) is 5.86. The number of anilines is 1. The van der Waals surface area contributed by atoms with Crippen LogP contribution in [-0.2, 0) is 0 Å². The van der Waals surface area contributed by atoms with Gasteiger partial charge in [0.25, 0.3) is 0 Å². The lowest BCUT2D eigenvalue weighted by molar-refractivity contribution is 0.175. The molecule has 0 aromatic carbocycles. The van der Waals surface area contributed by atoms with Gasteiger partial charge in [-0.25, -0.2) is 4.98 Å². The highest BCUT2D eigenvalue weighted by molar-refractivity contribution is 6.29. The first-order valence-electron chi connectivity index (χ1n) is 8.40. The van der Waals surface area contributed by atoms with Crippen molar-refractivity contribution in [2.45, 2.75) is 71.1 Å². The van der Waals surface area contributed by atoms with E-state index in [2.05, 4.69) is 16.9 Å². The maximum atomic E-state index is 9.66. The predicted molar refractivity (Wildman–Crippen MR) is 91.1 cm³/mol. The molecule has 0 amide bonds. The zero-order valence-electron chi connectivity index (χ0n) is 13.6. The lowest BCUT2D eigenvalue weighted by Gasteiger charge is -2.03. The van der Waals surface area contributed by atoms with E-state index in [-0.39, 0.29) is 11.1 Å². The second-order valence-corrected chi connectivity index (χ2v) is 6.06. The van der Waals surface area contributed by atoms with Crippen molar-refractivity contribution in [3.63, 3.8) is 0 Å². The van der Waals surface area contributed by atoms with Gasteiger partial charge in [-0.2, -0.15) is 0 Å². The Kier molecular flexibility index (Phi) is 9.71. The fourth-order valence-electron chi connectivity index (χ4n) is 2.38. The highest BCUT2D eigenvalue weighted by Crippen LogP contribution is 2.10. The average Bonchev–Trinajstić information content (AvgIpc) is 2.49. The van der Waals surface area contributed by atoms with Gasteiger partial charge < -0.3 is 10.9 Å². The molecule has 0 spiro atoms. The molecule has 0 atom stereocenters. The normalized spacial score (nSPS) is 12.0. The van der Waals surface area contributed by atoms with Gasteiger partial charge in [0.2, 0.25) is 5.95 Å². The lowest BCUT2D eigenvalue weighted by atomic mass is 10.1. The van der Waals surface area contributed by atoms with Crippen molar-refractivity contribution in [3.05, 3.63) is 16.7 Å². The molecule has 0 aliphatic carbocycles. The average molecular weight is 329 g/mol. The Morgan fingerprint density at radius 3 is 2.23 bits per heavy atom. The third kappa shape index (κ3) is 7.69. The molecule has 5 nitrogen and oxygen atoms in total. The molecular weight excluding hydrogens is 300 g/mol. The van der Waals surface area contributed by atoms with Crippen molar-refractivity contribution >= 4 is 17.5 Å². The van der Waals surface area contributed by atoms with Gasteiger partial charge in [-0.05, 0) is 6.42 Å². The molecule has 0 saturated carbocycles. The second kappa shape index (κ2) is 11.4. The van der Waals surface area contributed by atoms with Crippen LogP contribution in [0.15, 0.2) is 11.1 Å². The topological polar surface area (TPSA) is 76.4 Å². The molecule has 3 N–H and O–H groups in total. The van der Waals surface area contributed by atoms with Crippen molar-refractivity contribution in [2.24, 2.45) is 4.99 Å². The van der Waals surface area contributed by atoms with Crippen LogP contribution >= 0.6 is 11.6 Å². The molecular formula is C16H29ClN4O. The minimum absolute atomic E-state index is 0.0469. The largest absolute Gasteiger partial charge is 0.423 e. The molecule has 0 aliphatic rings. The number of hydrogen-bond donors (Lipinski definition) is 2. The number of rotatable bonds is 11. The molecule has 6 heteroatoms. The third-order valence-electron chi connectivity index (χ3n) is 3.69. The molecule has 126 valence electrons. The number of nitrogens with two attached hydrogens (primary N) is 1. The second-order valence-electron chi connectivity index (χ2n) is 5.67. The quantitative estimate of drug-likeness (QED) is 0.363. The lowest BCUT2D eigenvalue weighted by Crippen LogP contribution is -2.23. The van der Waals surface area contributed by atoms with E-state index >= 15 is 0 Å². The van der Waals surface area contributed by atoms with E-state index in [0.717, 1.165) is 17.6 Å². The Morgan fingerprint density at radius 2 is 1.64 bits per heavy atom. The Hall–Kier alpha value is -1.23. The van der Waals surface area contributed by atoms with Gasteiger partial charge in [-0.3, -0.25) is 4.99 Å². The number of nitrogens with zero attached hydrogens (tertiary/aromatic N) is 3. The van der Waals surface area contributed by atoms with Gasteiger partial charge in [-0.15, -0.1) is 4.73 Å². The van der Waals surface area contributed by atoms with Gasteiger partial charge >= 0.3 is 0 Å². The van der Waals surface area contributed by atoms with Crippen molar-refractivity contribution in [1.29, 1.82) is 0 Å². The summed E-state index contributed by atoms with van der Waals surface area (Å²) >= 11 is 5.79. The summed E-state index contributed by atoms with van der Waals surface area (Å²) in [5.74, 6) is -0.0469. The van der Waals surface area contributed by atoms with Crippen molar-refractivity contribution in [2.75, 3.05) is 12.3 Å². The Balaban J connectivity index is 2.12. The molecule has 1 aromatic rings. The minimum atomic E-state index is -0.0469. The molecule has 0 saturated heterocycles. The maximum absolute atomic E-state index is 9.66. The summed E-state index contributed by atoms with van der Waals surface area (Å²) in [6.07, 6.45) is 12.9. The van der Waals surface area contributed by atoms with E-state index in [1.807, 2.05) is 0 Å². The first kappa shape index (κ1) is 18.8. The number of nitrogen functional groups attached to an aromatic ring is 1. The van der Waals surface area contributed by atoms with Crippen molar-refractivity contribution in [3.8, 4) is 0 Å². The molecule has 22 heavy (non-hydrogen) atoms. The van der Waals surface area contributed by atoms with Crippen LogP contribution in [0.25, 0.3) is 0 Å². The molecule has 0 radical (unpaired) electrons. The van der Waals surface area contributed by atoms with E-state index in [4.69, 9.17) is 17.3 Å². The highest BCUT2D eigenvalue weighted by atomic mass is 35.5. The minimum Gasteiger partial charge on any atom is -0.423 e. The summed E-state index contributed by atoms with van der Waals surface area (Å²) < 4.78 is 0.766. The Labute approximate surface area is 138 Å². The monoisotopic (exact) mass is 328 g/mol. The molecule has 1 heterocycles. The van der Waals surface area contributed by atoms with Crippen LogP contribution in [0.3, 0.4) is 0 Å². The van der Waals surface area contributed by atoms with Crippen LogP contribution in [0.4, 0.5) is 5.95 Å². The number of unbranched alkanes of at least 4 members (excludes halogenated alkanes) is 9. The zero-order chi connectivity index (χ0) is 16.2. The smallest absolute Gasteiger partial charge is 0.237 e. The van der Waals surface area contributed by atoms with E-state index in [1.165, 1.54) is 57.4 Å². The first-order valence-corrected chi connectivity index (χ1v) is 8.77. The standard InChI is InChI=1S/C16H29ClN4O/c1-2-3-4-5-6-7-8-9-10-11-12-19-15-13-14(17)20-16(18)21(15)22/h13,22H,2-12H2,1H3,(H2,18,20). The number of aromatic nitrogens is 2. The van der Waals surface area contributed by atoms with Crippen LogP contribution < -0.4 is 11.2 Å². The summed E-state index contributed by atoms with van der Waals surface area (Å²) in [7, 11) is 0. The molecule has 1 aromatic heterocycles. The maximum Gasteiger partial charge on any atom is 0.237 e. The highest BCUT2D eigenvalue weighted by Gasteiger charge is 2.00. The van der Waals surface area contributed by atoms with Gasteiger partial charge in [0.1, 0.15) is 5.15 Å². The Bertz CT molecular complexity index is 488. The third-order valence-corrected chi connectivity index (χ3v) is 3.88. The van der Waals surface area contributed by atoms with Gasteiger partial charge in [-0.1, -0.05) is 76.3 Å². The number of halogens is 1. The van der Waals surface area contributed by atoms with Crippen LogP contribution in [0.2, 0.25) is 5.15 Å². The summed E-state index contributed by atoms with van der Waals surface area (Å²) in [4.78, 5) is 8.04. The fourth-order valence-corrected chi connectivity index (χ4v) is 2.56. The van der Waals surface area contributed by atoms with Crippen LogP contribution in [0.5, 0.6) is 0 Å². The van der Waals surface area contributed by atoms with Crippen molar-refractivity contribution in [1.82, 2.24) is 9.71 Å². The van der Waals surface area contributed by atoms with Gasteiger partial charge in [0.05, 0.1) is 0 Å². The molecule has 0 bridgehead atoms. The van der Waals surface area contributed by atoms with E-state index in [9.17, 15) is 5.21 Å². The van der Waals surface area contributed by atoms with E-state index < -0.39 is 0 Å². The van der Waals surface area contributed by atoms with Gasteiger partial charge in [0.15, 0.2) is 5.49 Å². The van der Waals surface area contributed by atoms with Crippen LogP contribution in [-0.4, -0.2) is 21.5 Å². The SMILES string of the molecule is CCCCCCCCCCCCN=c1cc(Cl)nc(N)n1O. The van der Waals surface area contributed by atoms with Crippen LogP contribution in [0.1, 0.15) is 71.1 Å². The number of hydrogen-bond acceptors (Lipinski definition) is 4. The van der Waals surface area contributed by atoms with E-state index in [0.29, 0.717) is 12.0 Å². The van der Waals surface area contributed by atoms with E-state index in [1.54, 1.807) is 0 Å². The molecule has 0 aliphatic heterocycles. The predicted octanol–water partition coefficient (Wildman–Crippen LogP) is 4.18. The van der Waals surface area contributed by atoms with Gasteiger partial charge in [0, 0.05) is 12.6 Å². The Morgan fingerprint density at radius 1 is 1.09 bits per heavy atom. The summed E-state index contributed by atoms with van der Waals surface area (Å²) in [6, 6.07) is 1.51. The molecule has 1 rings (SSSR count). The summed E-state index contributed by atoms with van der Waals surface area (Å²) in [5, 5.41) is 9.90. The van der Waals surface area contributed by atoms with Crippen molar-refractivity contribution < 1.29 is 5.21 Å². The molecule has 0 unspecified atom stereocenters. The summed E-state index contributed by atoms with van der Waals surface area (Å²) in [6.45, 7) is 2.91. The fraction of sp³-hybridized carbons (Fsp3) is 0.750. The first-order chi connectivity index (χ1) is 10.6. The molecule has 0 fully saturated rings. The van der Waals surface area contributed by atoms with Crippen LogP contribution in [0, 0.1) is 0 Å². The zero-order valence-corrected chi connectivity index (χ0v) is 14.4.